The summed E-state index contributed by atoms with van der Waals surface area (Å²) in [5, 5.41) is 7.81. The zero-order chi connectivity index (χ0) is 23.1. The third-order valence-electron chi connectivity index (χ3n) is 6.33. The van der Waals surface area contributed by atoms with Gasteiger partial charge in [0.15, 0.2) is 0 Å². The molecule has 33 heavy (non-hydrogen) atoms. The number of H-pyrrole nitrogens is 1. The Morgan fingerprint density at radius 2 is 2.12 bits per heavy atom. The topological polar surface area (TPSA) is 78.1 Å². The van der Waals surface area contributed by atoms with Crippen LogP contribution in [0, 0.1) is 20.8 Å². The van der Waals surface area contributed by atoms with Crippen LogP contribution >= 0.6 is 22.7 Å². The molecule has 0 aliphatic carbocycles. The number of carbonyl (C=O) groups excluding carboxylic acids is 1. The lowest BCUT2D eigenvalue weighted by atomic mass is 10.1. The number of nitrogens with one attached hydrogen (secondary N) is 2. The van der Waals surface area contributed by atoms with Crippen molar-refractivity contribution in [1.29, 1.82) is 0 Å². The maximum atomic E-state index is 13.0. The molecule has 2 N–H and O–H groups in total. The van der Waals surface area contributed by atoms with E-state index in [9.17, 15) is 9.59 Å². The number of likely N-dealkylation sites (tertiary alicyclic amines) is 1. The molecule has 8 heteroatoms. The number of carbonyl (C=O) groups is 1. The minimum atomic E-state index is -0.208. The summed E-state index contributed by atoms with van der Waals surface area (Å²) in [6, 6.07) is 8.46. The van der Waals surface area contributed by atoms with Crippen LogP contribution in [0.1, 0.15) is 56.6 Å². The van der Waals surface area contributed by atoms with Crippen LogP contribution < -0.4 is 10.9 Å². The van der Waals surface area contributed by atoms with Crippen LogP contribution in [0.2, 0.25) is 0 Å². The monoisotopic (exact) mass is 478 g/mol. The van der Waals surface area contributed by atoms with Gasteiger partial charge in [-0.25, -0.2) is 4.98 Å². The molecule has 0 spiro atoms. The smallest absolute Gasteiger partial charge is 0.266 e. The molecule has 1 amide bonds. The van der Waals surface area contributed by atoms with Crippen LogP contribution in [-0.4, -0.2) is 27.3 Å². The van der Waals surface area contributed by atoms with Gasteiger partial charge in [-0.3, -0.25) is 14.5 Å². The molecule has 170 valence electrons. The predicted octanol–water partition coefficient (Wildman–Crippen LogP) is 5.56. The quantitative estimate of drug-likeness (QED) is 0.394. The average Bonchev–Trinajstić information content (AvgIpc) is 3.50. The van der Waals surface area contributed by atoms with Crippen molar-refractivity contribution >= 4 is 44.5 Å². The number of nitrogens with zero attached hydrogens (tertiary/aromatic N) is 2. The fourth-order valence-electron chi connectivity index (χ4n) is 4.66. The molecule has 1 aromatic carbocycles. The number of fused-ring (bicyclic) bond motifs is 1. The molecule has 1 atom stereocenters. The van der Waals surface area contributed by atoms with Gasteiger partial charge in [0.1, 0.15) is 10.7 Å². The molecule has 6 nitrogen and oxygen atoms in total. The van der Waals surface area contributed by atoms with Crippen molar-refractivity contribution < 1.29 is 4.79 Å². The second-order valence-corrected chi connectivity index (χ2v) is 10.5. The zero-order valence-corrected chi connectivity index (χ0v) is 20.5. The van der Waals surface area contributed by atoms with Gasteiger partial charge in [0, 0.05) is 11.7 Å². The van der Waals surface area contributed by atoms with E-state index >= 15 is 0 Å². The van der Waals surface area contributed by atoms with Crippen molar-refractivity contribution in [2.45, 2.75) is 46.2 Å². The highest BCUT2D eigenvalue weighted by molar-refractivity contribution is 7.20. The van der Waals surface area contributed by atoms with Crippen molar-refractivity contribution in [3.63, 3.8) is 0 Å². The molecule has 1 aliphatic heterocycles. The van der Waals surface area contributed by atoms with E-state index in [1.54, 1.807) is 11.3 Å². The highest BCUT2D eigenvalue weighted by Gasteiger charge is 2.27. The summed E-state index contributed by atoms with van der Waals surface area (Å²) in [6.07, 6.45) is 2.25. The van der Waals surface area contributed by atoms with Gasteiger partial charge in [-0.15, -0.1) is 11.3 Å². The summed E-state index contributed by atoms with van der Waals surface area (Å²) in [6.45, 7) is 7.39. The molecule has 1 saturated heterocycles. The summed E-state index contributed by atoms with van der Waals surface area (Å²) in [4.78, 5) is 37.2. The summed E-state index contributed by atoms with van der Waals surface area (Å²) >= 11 is 3.00. The van der Waals surface area contributed by atoms with Crippen molar-refractivity contribution in [2.75, 3.05) is 11.9 Å². The molecule has 0 radical (unpaired) electrons. The minimum Gasteiger partial charge on any atom is -0.321 e. The van der Waals surface area contributed by atoms with Crippen LogP contribution in [0.25, 0.3) is 10.2 Å². The van der Waals surface area contributed by atoms with Crippen LogP contribution in [0.5, 0.6) is 0 Å². The number of aromatic amines is 1. The number of benzene rings is 1. The van der Waals surface area contributed by atoms with Crippen molar-refractivity contribution in [3.8, 4) is 0 Å². The number of anilines is 1. The van der Waals surface area contributed by atoms with E-state index in [0.29, 0.717) is 39.1 Å². The zero-order valence-electron chi connectivity index (χ0n) is 18.9. The number of aromatic nitrogens is 2. The molecule has 1 fully saturated rings. The van der Waals surface area contributed by atoms with Gasteiger partial charge in [0.05, 0.1) is 16.8 Å². The molecule has 1 aliphatic rings. The van der Waals surface area contributed by atoms with Crippen molar-refractivity contribution in [1.82, 2.24) is 14.9 Å². The molecular weight excluding hydrogens is 452 g/mol. The maximum Gasteiger partial charge on any atom is 0.266 e. The van der Waals surface area contributed by atoms with Crippen molar-refractivity contribution in [3.05, 3.63) is 78.3 Å². The van der Waals surface area contributed by atoms with Gasteiger partial charge < -0.3 is 10.3 Å². The van der Waals surface area contributed by atoms with E-state index in [-0.39, 0.29) is 11.5 Å². The van der Waals surface area contributed by atoms with E-state index < -0.39 is 0 Å². The lowest BCUT2D eigenvalue weighted by Gasteiger charge is -2.23. The standard InChI is InChI=1S/C25H26N4O2S2/c1-14-6-7-18(15(2)11-14)26-24(31)22-16(3)21-23(30)27-20(28-25(21)33-22)12-29-9-4-5-19(29)17-8-10-32-13-17/h6-8,10-11,13,19H,4-5,9,12H2,1-3H3,(H,26,31)(H,27,28,30). The van der Waals surface area contributed by atoms with Crippen LogP contribution in [0.3, 0.4) is 0 Å². The number of thiophene rings is 2. The Morgan fingerprint density at radius 3 is 2.88 bits per heavy atom. The Bertz CT molecular complexity index is 1390. The van der Waals surface area contributed by atoms with Crippen LogP contribution in [-0.2, 0) is 6.54 Å². The lowest BCUT2D eigenvalue weighted by Crippen LogP contribution is -2.25. The van der Waals surface area contributed by atoms with Gasteiger partial charge in [0.2, 0.25) is 0 Å². The first kappa shape index (κ1) is 22.0. The van der Waals surface area contributed by atoms with Crippen LogP contribution in [0.4, 0.5) is 5.69 Å². The number of hydrogen-bond donors (Lipinski definition) is 2. The van der Waals surface area contributed by atoms with E-state index in [1.165, 1.54) is 16.9 Å². The summed E-state index contributed by atoms with van der Waals surface area (Å²) < 4.78 is 0. The van der Waals surface area contributed by atoms with Crippen LogP contribution in [0.15, 0.2) is 39.8 Å². The third-order valence-corrected chi connectivity index (χ3v) is 8.22. The Morgan fingerprint density at radius 1 is 1.27 bits per heavy atom. The molecule has 4 aromatic rings. The normalized spacial score (nSPS) is 16.5. The van der Waals surface area contributed by atoms with E-state index in [0.717, 1.165) is 36.2 Å². The Balaban J connectivity index is 1.42. The average molecular weight is 479 g/mol. The first-order chi connectivity index (χ1) is 15.9. The largest absolute Gasteiger partial charge is 0.321 e. The molecular formula is C25H26N4O2S2. The maximum absolute atomic E-state index is 13.0. The fourth-order valence-corrected chi connectivity index (χ4v) is 6.47. The number of rotatable bonds is 5. The van der Waals surface area contributed by atoms with Gasteiger partial charge in [-0.05, 0) is 79.7 Å². The number of hydrogen-bond acceptors (Lipinski definition) is 6. The molecule has 4 heterocycles. The second-order valence-electron chi connectivity index (χ2n) is 8.71. The van der Waals surface area contributed by atoms with E-state index in [4.69, 9.17) is 4.98 Å². The Hall–Kier alpha value is -2.81. The van der Waals surface area contributed by atoms with Gasteiger partial charge in [-0.2, -0.15) is 11.3 Å². The Kier molecular flexibility index (Phi) is 5.90. The first-order valence-corrected chi connectivity index (χ1v) is 12.8. The van der Waals surface area contributed by atoms with E-state index in [2.05, 4.69) is 32.0 Å². The number of amides is 1. The highest BCUT2D eigenvalue weighted by atomic mass is 32.1. The minimum absolute atomic E-state index is 0.180. The SMILES string of the molecule is Cc1ccc(NC(=O)c2sc3nc(CN4CCCC4c4ccsc4)[nH]c(=O)c3c2C)c(C)c1. The third kappa shape index (κ3) is 4.26. The number of aryl methyl sites for hydroxylation is 3. The predicted molar refractivity (Wildman–Crippen MR) is 136 cm³/mol. The molecule has 0 saturated carbocycles. The Labute approximate surface area is 200 Å². The van der Waals surface area contributed by atoms with Gasteiger partial charge in [-0.1, -0.05) is 17.7 Å². The van der Waals surface area contributed by atoms with Crippen molar-refractivity contribution in [2.24, 2.45) is 0 Å². The fraction of sp³-hybridized carbons (Fsp3) is 0.320. The van der Waals surface area contributed by atoms with Gasteiger partial charge >= 0.3 is 0 Å². The molecule has 1 unspecified atom stereocenters. The molecule has 5 rings (SSSR count). The van der Waals surface area contributed by atoms with Gasteiger partial charge in [0.25, 0.3) is 11.5 Å². The second kappa shape index (κ2) is 8.85. The summed E-state index contributed by atoms with van der Waals surface area (Å²) in [5.74, 6) is 0.442. The first-order valence-electron chi connectivity index (χ1n) is 11.1. The summed E-state index contributed by atoms with van der Waals surface area (Å²) in [5.41, 5.74) is 4.75. The molecule has 3 aromatic heterocycles. The van der Waals surface area contributed by atoms with E-state index in [1.807, 2.05) is 39.0 Å². The highest BCUT2D eigenvalue weighted by Crippen LogP contribution is 2.34. The summed E-state index contributed by atoms with van der Waals surface area (Å²) in [7, 11) is 0. The lowest BCUT2D eigenvalue weighted by molar-refractivity contribution is 0.103. The molecule has 0 bridgehead atoms.